The summed E-state index contributed by atoms with van der Waals surface area (Å²) in [5, 5.41) is 28.4. The minimum atomic E-state index is -6.37. The van der Waals surface area contributed by atoms with Crippen LogP contribution >= 0.6 is 0 Å². The van der Waals surface area contributed by atoms with E-state index in [9.17, 15) is 85.5 Å². The lowest BCUT2D eigenvalue weighted by Crippen LogP contribution is -2.58. The Morgan fingerprint density at radius 1 is 0.786 bits per heavy atom. The number of phenols is 1. The summed E-state index contributed by atoms with van der Waals surface area (Å²) in [6.45, 7) is -1.57. The van der Waals surface area contributed by atoms with Crippen molar-refractivity contribution in [3.8, 4) is 5.75 Å². The lowest BCUT2D eigenvalue weighted by atomic mass is 9.95. The van der Waals surface area contributed by atoms with Crippen LogP contribution in [0.5, 0.6) is 5.75 Å². The molecule has 0 aliphatic carbocycles. The summed E-state index contributed by atoms with van der Waals surface area (Å²) >= 11 is 0. The molecule has 1 rings (SSSR count). The average molecular weight is 664 g/mol. The van der Waals surface area contributed by atoms with Gasteiger partial charge in [0.1, 0.15) is 23.0 Å². The Morgan fingerprint density at radius 2 is 1.17 bits per heavy atom. The summed E-state index contributed by atoms with van der Waals surface area (Å²) in [7, 11) is -5.51. The zero-order valence-corrected chi connectivity index (χ0v) is 20.9. The first-order valence-corrected chi connectivity index (χ1v) is 11.8. The number of carbonyl (C=O) groups is 2. The molecule has 0 heterocycles. The number of aromatic hydroxyl groups is 1. The molecule has 0 fully saturated rings. The van der Waals surface area contributed by atoms with E-state index in [2.05, 4.69) is 9.47 Å². The van der Waals surface area contributed by atoms with E-state index < -0.39 is 105 Å². The van der Waals surface area contributed by atoms with Gasteiger partial charge in [0.05, 0.1) is 11.5 Å². The van der Waals surface area contributed by atoms with Gasteiger partial charge in [0.15, 0.2) is 0 Å². The molecule has 0 aliphatic rings. The zero-order valence-electron chi connectivity index (χ0n) is 20.0. The van der Waals surface area contributed by atoms with Crippen LogP contribution in [-0.4, -0.2) is 88.8 Å². The van der Waals surface area contributed by atoms with Crippen LogP contribution < -0.4 is 0 Å². The number of hydrogen-bond acceptors (Lipinski definition) is 9. The molecule has 1 unspecified atom stereocenters. The molecular weight excluding hydrogens is 648 g/mol. The van der Waals surface area contributed by atoms with Gasteiger partial charge in [-0.25, -0.2) is 9.59 Å². The van der Waals surface area contributed by atoms with Crippen molar-refractivity contribution in [2.75, 3.05) is 6.61 Å². The van der Waals surface area contributed by atoms with Crippen molar-refractivity contribution in [3.63, 3.8) is 0 Å². The minimum Gasteiger partial charge on any atom is -0.506 e. The number of hydrogen-bond donors (Lipinski definition) is 4. The van der Waals surface area contributed by atoms with E-state index >= 15 is 0 Å². The molecule has 10 nitrogen and oxygen atoms in total. The predicted molar refractivity (Wildman–Crippen MR) is 106 cm³/mol. The van der Waals surface area contributed by atoms with Gasteiger partial charge in [-0.15, -0.1) is 0 Å². The highest BCUT2D eigenvalue weighted by molar-refractivity contribution is 7.85. The van der Waals surface area contributed by atoms with Gasteiger partial charge in [0.25, 0.3) is 21.3 Å². The zero-order chi connectivity index (χ0) is 33.5. The summed E-state index contributed by atoms with van der Waals surface area (Å²) < 4.78 is 194. The quantitative estimate of drug-likeness (QED) is 0.173. The van der Waals surface area contributed by atoms with Crippen LogP contribution in [0.3, 0.4) is 0 Å². The van der Waals surface area contributed by atoms with E-state index in [4.69, 9.17) is 5.11 Å². The number of alkyl halides is 12. The van der Waals surface area contributed by atoms with Crippen molar-refractivity contribution >= 4 is 22.1 Å². The highest BCUT2D eigenvalue weighted by Gasteiger charge is 2.71. The van der Waals surface area contributed by atoms with E-state index in [0.29, 0.717) is 6.92 Å². The van der Waals surface area contributed by atoms with E-state index in [-0.39, 0.29) is 12.1 Å². The van der Waals surface area contributed by atoms with Crippen LogP contribution in [-0.2, 0) is 19.6 Å². The number of phenolic OH excluding ortho intramolecular Hbond substituents is 1. The second-order valence-corrected chi connectivity index (χ2v) is 9.78. The molecule has 0 radical (unpaired) electrons. The van der Waals surface area contributed by atoms with E-state index in [0.717, 1.165) is 0 Å². The molecule has 42 heavy (non-hydrogen) atoms. The molecule has 4 N–H and O–H groups in total. The number of rotatable bonds is 9. The van der Waals surface area contributed by atoms with Crippen LogP contribution in [0.1, 0.15) is 40.5 Å². The third-order valence-electron chi connectivity index (χ3n) is 5.29. The molecule has 0 saturated heterocycles. The summed E-state index contributed by atoms with van der Waals surface area (Å²) in [4.78, 5) is 23.0. The molecule has 0 spiro atoms. The lowest BCUT2D eigenvalue weighted by molar-refractivity contribution is -0.373. The van der Waals surface area contributed by atoms with Gasteiger partial charge in [-0.2, -0.15) is 61.1 Å². The normalized spacial score (nSPS) is 14.9. The van der Waals surface area contributed by atoms with Crippen LogP contribution in [0.4, 0.5) is 52.7 Å². The van der Waals surface area contributed by atoms with Crippen molar-refractivity contribution in [1.29, 1.82) is 0 Å². The monoisotopic (exact) mass is 664 g/mol. The molecule has 0 amide bonds. The minimum absolute atomic E-state index is 0.0394. The highest BCUT2D eigenvalue weighted by Crippen LogP contribution is 2.47. The largest absolute Gasteiger partial charge is 0.506 e. The number of ether oxygens (including phenoxy) is 2. The van der Waals surface area contributed by atoms with E-state index in [1.165, 1.54) is 0 Å². The Kier molecular flexibility index (Phi) is 10.2. The molecule has 0 aromatic heterocycles. The van der Waals surface area contributed by atoms with Crippen LogP contribution in [0.25, 0.3) is 0 Å². The molecule has 1 atom stereocenters. The molecule has 0 saturated carbocycles. The summed E-state index contributed by atoms with van der Waals surface area (Å²) in [6.07, 6.45) is -32.8. The Bertz CT molecular complexity index is 1250. The molecule has 23 heteroatoms. The Hall–Kier alpha value is -3.05. The van der Waals surface area contributed by atoms with Crippen molar-refractivity contribution in [3.05, 3.63) is 23.3 Å². The van der Waals surface area contributed by atoms with Gasteiger partial charge in [-0.1, -0.05) is 0 Å². The third-order valence-corrected chi connectivity index (χ3v) is 6.12. The smallest absolute Gasteiger partial charge is 0.426 e. The Balaban J connectivity index is 3.40. The third kappa shape index (κ3) is 7.66. The van der Waals surface area contributed by atoms with Crippen LogP contribution in [0.2, 0.25) is 0 Å². The lowest BCUT2D eigenvalue weighted by Gasteiger charge is -2.34. The number of esters is 2. The second kappa shape index (κ2) is 11.6. The van der Waals surface area contributed by atoms with Gasteiger partial charge < -0.3 is 24.8 Å². The van der Waals surface area contributed by atoms with Gasteiger partial charge in [0.2, 0.25) is 0 Å². The number of benzene rings is 1. The average Bonchev–Trinajstić information content (AvgIpc) is 2.74. The van der Waals surface area contributed by atoms with E-state index in [1.807, 2.05) is 0 Å². The summed E-state index contributed by atoms with van der Waals surface area (Å²) in [5.74, 6) is -6.18. The highest BCUT2D eigenvalue weighted by atomic mass is 32.2. The number of halogens is 12. The maximum absolute atomic E-state index is 12.9. The Labute approximate surface area is 225 Å². The summed E-state index contributed by atoms with van der Waals surface area (Å²) in [5.41, 5.74) is -14.1. The SMILES string of the molecule is CC(CC(O)(C(F)(F)F)C(F)(F)F)OC(=O)c1cc(S(=O)(=O)O)cc(C(=O)OCCC(O)(C(F)(F)F)C(F)(F)F)c1O. The maximum atomic E-state index is 12.9. The topological polar surface area (TPSA) is 168 Å². The van der Waals surface area contributed by atoms with Gasteiger partial charge in [0, 0.05) is 12.8 Å². The molecule has 1 aromatic rings. The van der Waals surface area contributed by atoms with Crippen molar-refractivity contribution in [2.45, 2.75) is 66.7 Å². The molecular formula is C19H16F12O10S. The Morgan fingerprint density at radius 3 is 1.52 bits per heavy atom. The van der Waals surface area contributed by atoms with Crippen molar-refractivity contribution < 1.29 is 100 Å². The van der Waals surface area contributed by atoms with Gasteiger partial charge in [-0.05, 0) is 19.1 Å². The first-order valence-electron chi connectivity index (χ1n) is 10.3. The van der Waals surface area contributed by atoms with Gasteiger partial charge >= 0.3 is 36.6 Å². The first kappa shape index (κ1) is 37.0. The molecule has 242 valence electrons. The fourth-order valence-electron chi connectivity index (χ4n) is 2.98. The molecule has 0 aliphatic heterocycles. The second-order valence-electron chi connectivity index (χ2n) is 8.36. The maximum Gasteiger partial charge on any atom is 0.426 e. The molecule has 0 bridgehead atoms. The number of carbonyl (C=O) groups excluding carboxylic acids is 2. The summed E-state index contributed by atoms with van der Waals surface area (Å²) in [6, 6.07) is -0.0821. The van der Waals surface area contributed by atoms with Gasteiger partial charge in [-0.3, -0.25) is 4.55 Å². The fourth-order valence-corrected chi connectivity index (χ4v) is 3.51. The van der Waals surface area contributed by atoms with Crippen LogP contribution in [0, 0.1) is 0 Å². The van der Waals surface area contributed by atoms with Crippen molar-refractivity contribution in [1.82, 2.24) is 0 Å². The predicted octanol–water partition coefficient (Wildman–Crippen LogP) is 3.83. The standard InChI is InChI=1S/C19H16F12O10S/c1-7(6-15(36,18(26,27)28)19(29,30)31)41-13(34)10-5-8(42(37,38)39)4-9(11(10)32)12(33)40-3-2-14(35,16(20,21)22)17(23,24)25/h4-5,7,32,35-36H,2-3,6H2,1H3,(H,37,38,39). The fraction of sp³-hybridized carbons (Fsp3) is 0.579. The molecule has 1 aromatic carbocycles. The van der Waals surface area contributed by atoms with E-state index in [1.54, 1.807) is 0 Å². The number of aliphatic hydroxyl groups is 2. The van der Waals surface area contributed by atoms with Crippen LogP contribution in [0.15, 0.2) is 17.0 Å². The first-order chi connectivity index (χ1) is 18.4. The van der Waals surface area contributed by atoms with Crippen molar-refractivity contribution in [2.24, 2.45) is 0 Å².